The lowest BCUT2D eigenvalue weighted by Crippen LogP contribution is -2.63. The molecule has 0 saturated carbocycles. The van der Waals surface area contributed by atoms with E-state index >= 15 is 0 Å². The molecule has 45 heavy (non-hydrogen) atoms. The smallest absolute Gasteiger partial charge is 0.410 e. The normalized spacial score (nSPS) is 18.8. The van der Waals surface area contributed by atoms with Crippen molar-refractivity contribution in [3.05, 3.63) is 29.8 Å². The second kappa shape index (κ2) is 16.1. The Hall–Kier alpha value is -2.94. The monoisotopic (exact) mass is 656 g/mol. The summed E-state index contributed by atoms with van der Waals surface area (Å²) in [5, 5.41) is 3.77. The van der Waals surface area contributed by atoms with Gasteiger partial charge in [-0.15, -0.1) is 0 Å². The molecule has 2 heterocycles. The Morgan fingerprint density at radius 3 is 1.82 bits per heavy atom. The van der Waals surface area contributed by atoms with Crippen molar-refractivity contribution in [1.29, 1.82) is 0 Å². The van der Waals surface area contributed by atoms with Crippen molar-refractivity contribution in [2.75, 3.05) is 39.4 Å². The van der Waals surface area contributed by atoms with Gasteiger partial charge in [0.05, 0.1) is 11.8 Å². The van der Waals surface area contributed by atoms with Gasteiger partial charge in [0.2, 0.25) is 0 Å². The molecule has 1 aromatic carbocycles. The van der Waals surface area contributed by atoms with Crippen LogP contribution in [0.15, 0.2) is 34.3 Å². The Bertz CT molecular complexity index is 1240. The van der Waals surface area contributed by atoms with E-state index in [4.69, 9.17) is 29.0 Å². The molecule has 13 nitrogen and oxygen atoms in total. The fourth-order valence-corrected chi connectivity index (χ4v) is 5.30. The van der Waals surface area contributed by atoms with Crippen LogP contribution in [0, 0.1) is 6.92 Å². The molecule has 256 valence electrons. The third-order valence-electron chi connectivity index (χ3n) is 6.71. The number of rotatable bonds is 7. The number of oxime groups is 1. The zero-order valence-electron chi connectivity index (χ0n) is 28.3. The molecule has 0 spiro atoms. The van der Waals surface area contributed by atoms with E-state index in [9.17, 15) is 18.0 Å². The molecule has 2 saturated heterocycles. The van der Waals surface area contributed by atoms with E-state index in [0.29, 0.717) is 64.4 Å². The van der Waals surface area contributed by atoms with E-state index in [-0.39, 0.29) is 23.1 Å². The third kappa shape index (κ3) is 12.4. The predicted molar refractivity (Wildman–Crippen MR) is 170 cm³/mol. The minimum absolute atomic E-state index is 0.0636. The van der Waals surface area contributed by atoms with Gasteiger partial charge in [-0.25, -0.2) is 9.59 Å². The number of nitrogens with zero attached hydrogens (tertiary/aromatic N) is 3. The molecule has 14 heteroatoms. The van der Waals surface area contributed by atoms with Crippen LogP contribution in [0.4, 0.5) is 9.59 Å². The average molecular weight is 657 g/mol. The molecule has 2 aliphatic heterocycles. The zero-order valence-corrected chi connectivity index (χ0v) is 29.1. The number of hydrogen-bond donors (Lipinski definition) is 1. The summed E-state index contributed by atoms with van der Waals surface area (Å²) in [5.41, 5.74) is 6.69. The van der Waals surface area contributed by atoms with Crippen LogP contribution >= 0.6 is 0 Å². The van der Waals surface area contributed by atoms with Crippen LogP contribution in [0.2, 0.25) is 0 Å². The number of carbonyl (C=O) groups is 2. The van der Waals surface area contributed by atoms with Crippen LogP contribution in [0.5, 0.6) is 0 Å². The largest absolute Gasteiger partial charge is 0.444 e. The maximum absolute atomic E-state index is 12.1. The topological polar surface area (TPSA) is 159 Å². The maximum atomic E-state index is 12.1. The van der Waals surface area contributed by atoms with Gasteiger partial charge in [0.1, 0.15) is 16.1 Å². The van der Waals surface area contributed by atoms with E-state index in [2.05, 4.69) is 5.16 Å². The molecule has 1 atom stereocenters. The molecular formula is C31H52N4O9S. The lowest BCUT2D eigenvalue weighted by atomic mass is 9.98. The van der Waals surface area contributed by atoms with Crippen molar-refractivity contribution in [3.8, 4) is 0 Å². The highest BCUT2D eigenvalue weighted by atomic mass is 32.2. The van der Waals surface area contributed by atoms with Crippen LogP contribution in [-0.4, -0.2) is 98.5 Å². The predicted octanol–water partition coefficient (Wildman–Crippen LogP) is 4.81. The number of nitrogens with two attached hydrogens (primary N) is 1. The van der Waals surface area contributed by atoms with Gasteiger partial charge in [0, 0.05) is 58.7 Å². The molecular weight excluding hydrogens is 604 g/mol. The Balaban J connectivity index is 0.000000322. The Morgan fingerprint density at radius 2 is 1.38 bits per heavy atom. The van der Waals surface area contributed by atoms with E-state index in [1.54, 1.807) is 21.9 Å². The van der Waals surface area contributed by atoms with E-state index < -0.39 is 27.1 Å². The quantitative estimate of drug-likeness (QED) is 0.319. The molecule has 3 rings (SSSR count). The molecule has 0 aliphatic carbocycles. The molecule has 2 N–H and O–H groups in total. The number of carbonyl (C=O) groups excluding carboxylic acids is 2. The number of benzene rings is 1. The Kier molecular flexibility index (Phi) is 13.6. The average Bonchev–Trinajstić information content (AvgIpc) is 2.93. The number of hydrogen-bond acceptors (Lipinski definition) is 11. The molecule has 1 aromatic rings. The standard InChI is InChI=1S/C17H24N2O5S.C14H28N2O4/c1-13-5-7-15(8-6-13)25(21,22)24-18-14-9-11-19(12-10-14)16(20)23-17(2,3)4;1-6-18-14(19-7-2)8-9-16(10-11(14)15)12(17)20-13(3,4)5/h5-8H,9-12H2,1-4H3;11H,6-10,15H2,1-5H3. The highest BCUT2D eigenvalue weighted by Crippen LogP contribution is 2.28. The SMILES string of the molecule is CCOC1(OCC)CCN(C(=O)OC(C)(C)C)CC1N.Cc1ccc(S(=O)(=O)ON=C2CCN(C(=O)OC(C)(C)C)CC2)cc1. The summed E-state index contributed by atoms with van der Waals surface area (Å²) >= 11 is 0. The van der Waals surface area contributed by atoms with Gasteiger partial charge in [0.15, 0.2) is 5.79 Å². The first kappa shape index (κ1) is 38.2. The minimum atomic E-state index is -3.92. The minimum Gasteiger partial charge on any atom is -0.444 e. The Morgan fingerprint density at radius 1 is 0.889 bits per heavy atom. The van der Waals surface area contributed by atoms with Gasteiger partial charge in [-0.2, -0.15) is 8.42 Å². The second-order valence-corrected chi connectivity index (χ2v) is 14.5. The number of amides is 2. The summed E-state index contributed by atoms with van der Waals surface area (Å²) in [6, 6.07) is 5.97. The second-order valence-electron chi connectivity index (χ2n) is 12.9. The van der Waals surface area contributed by atoms with Gasteiger partial charge >= 0.3 is 22.3 Å². The summed E-state index contributed by atoms with van der Waals surface area (Å²) in [5.74, 6) is -0.790. The number of piperidine rings is 2. The van der Waals surface area contributed by atoms with E-state index in [0.717, 1.165) is 5.56 Å². The summed E-state index contributed by atoms with van der Waals surface area (Å²) < 4.78 is 51.1. The van der Waals surface area contributed by atoms with Gasteiger partial charge in [-0.3, -0.25) is 4.28 Å². The summed E-state index contributed by atoms with van der Waals surface area (Å²) in [7, 11) is -3.92. The van der Waals surface area contributed by atoms with E-state index in [1.807, 2.05) is 62.3 Å². The van der Waals surface area contributed by atoms with Crippen LogP contribution in [0.25, 0.3) is 0 Å². The number of ether oxygens (including phenoxy) is 4. The van der Waals surface area contributed by atoms with Crippen LogP contribution in [-0.2, 0) is 33.3 Å². The van der Waals surface area contributed by atoms with Crippen LogP contribution in [0.1, 0.15) is 80.2 Å². The first-order valence-corrected chi connectivity index (χ1v) is 16.8. The van der Waals surface area contributed by atoms with Gasteiger partial charge in [-0.05, 0) is 74.4 Å². The molecule has 2 aliphatic rings. The van der Waals surface area contributed by atoms with Gasteiger partial charge in [-0.1, -0.05) is 22.9 Å². The fraction of sp³-hybridized carbons (Fsp3) is 0.710. The lowest BCUT2D eigenvalue weighted by Gasteiger charge is -2.45. The van der Waals surface area contributed by atoms with Crippen molar-refractivity contribution < 1.29 is 41.2 Å². The molecule has 0 radical (unpaired) electrons. The first-order chi connectivity index (χ1) is 20.8. The maximum Gasteiger partial charge on any atom is 0.410 e. The zero-order chi connectivity index (χ0) is 34.1. The van der Waals surface area contributed by atoms with Crippen molar-refractivity contribution in [2.45, 2.75) is 110 Å². The molecule has 1 unspecified atom stereocenters. The molecule has 0 aromatic heterocycles. The fourth-order valence-electron chi connectivity index (χ4n) is 4.54. The van der Waals surface area contributed by atoms with Gasteiger partial charge < -0.3 is 34.5 Å². The van der Waals surface area contributed by atoms with E-state index in [1.165, 1.54) is 12.1 Å². The molecule has 0 bridgehead atoms. The molecule has 2 amide bonds. The lowest BCUT2D eigenvalue weighted by molar-refractivity contribution is -0.260. The van der Waals surface area contributed by atoms with Gasteiger partial charge in [0.25, 0.3) is 0 Å². The van der Waals surface area contributed by atoms with Crippen LogP contribution < -0.4 is 5.73 Å². The molecule has 2 fully saturated rings. The van der Waals surface area contributed by atoms with Crippen molar-refractivity contribution in [1.82, 2.24) is 9.80 Å². The highest BCUT2D eigenvalue weighted by molar-refractivity contribution is 7.86. The summed E-state index contributed by atoms with van der Waals surface area (Å²) in [6.45, 7) is 19.4. The van der Waals surface area contributed by atoms with Crippen molar-refractivity contribution in [2.24, 2.45) is 10.9 Å². The number of aryl methyl sites for hydroxylation is 1. The third-order valence-corrected chi connectivity index (χ3v) is 7.83. The first-order valence-electron chi connectivity index (χ1n) is 15.4. The van der Waals surface area contributed by atoms with Crippen molar-refractivity contribution in [3.63, 3.8) is 0 Å². The number of likely N-dealkylation sites (tertiary alicyclic amines) is 2. The summed E-state index contributed by atoms with van der Waals surface area (Å²) in [6.07, 6.45) is 0.731. The van der Waals surface area contributed by atoms with Crippen molar-refractivity contribution >= 4 is 28.0 Å². The van der Waals surface area contributed by atoms with Crippen LogP contribution in [0.3, 0.4) is 0 Å². The Labute approximate surface area is 268 Å². The highest BCUT2D eigenvalue weighted by Gasteiger charge is 2.44. The summed E-state index contributed by atoms with van der Waals surface area (Å²) in [4.78, 5) is 27.3.